The Morgan fingerprint density at radius 3 is 2.88 bits per heavy atom. The Kier molecular flexibility index (Phi) is 3.76. The van der Waals surface area contributed by atoms with E-state index in [1.54, 1.807) is 0 Å². The van der Waals surface area contributed by atoms with Gasteiger partial charge in [-0.05, 0) is 35.1 Å². The van der Waals surface area contributed by atoms with Gasteiger partial charge in [0.15, 0.2) is 0 Å². The van der Waals surface area contributed by atoms with Gasteiger partial charge in [-0.1, -0.05) is 41.4 Å². The second-order valence-corrected chi connectivity index (χ2v) is 5.03. The first-order chi connectivity index (χ1) is 7.66. The largest absolute Gasteiger partial charge is 0.240 e. The summed E-state index contributed by atoms with van der Waals surface area (Å²) < 4.78 is 0.934. The maximum atomic E-state index is 5.95. The summed E-state index contributed by atoms with van der Waals surface area (Å²) in [6.07, 6.45) is 2.30. The van der Waals surface area contributed by atoms with Crippen LogP contribution in [0.25, 0.3) is 0 Å². The lowest BCUT2D eigenvalue weighted by Crippen LogP contribution is -1.98. The van der Waals surface area contributed by atoms with Crippen molar-refractivity contribution in [1.29, 1.82) is 0 Å². The average Bonchev–Trinajstić information content (AvgIpc) is 2.25. The SMILES string of the molecule is Cc1cccc(Cc2ncnc(Cl)c2I)c1. The van der Waals surface area contributed by atoms with Crippen LogP contribution in [0.2, 0.25) is 5.15 Å². The predicted octanol–water partition coefficient (Wildman–Crippen LogP) is 3.63. The molecule has 4 heteroatoms. The molecule has 2 nitrogen and oxygen atoms in total. The molecule has 1 aromatic heterocycles. The Balaban J connectivity index is 2.31. The van der Waals surface area contributed by atoms with Gasteiger partial charge in [0.05, 0.1) is 9.26 Å². The number of halogens is 2. The summed E-state index contributed by atoms with van der Waals surface area (Å²) in [5.41, 5.74) is 3.48. The molecule has 2 rings (SSSR count). The fraction of sp³-hybridized carbons (Fsp3) is 0.167. The lowest BCUT2D eigenvalue weighted by Gasteiger charge is -2.05. The minimum absolute atomic E-state index is 0.526. The fourth-order valence-electron chi connectivity index (χ4n) is 1.52. The van der Waals surface area contributed by atoms with Gasteiger partial charge in [-0.2, -0.15) is 0 Å². The molecular weight excluding hydrogens is 335 g/mol. The number of benzene rings is 1. The van der Waals surface area contributed by atoms with Crippen molar-refractivity contribution >= 4 is 34.2 Å². The Morgan fingerprint density at radius 1 is 1.31 bits per heavy atom. The van der Waals surface area contributed by atoms with Crippen LogP contribution < -0.4 is 0 Å². The van der Waals surface area contributed by atoms with E-state index in [9.17, 15) is 0 Å². The molecular formula is C12H10ClIN2. The highest BCUT2D eigenvalue weighted by Crippen LogP contribution is 2.20. The molecule has 0 bridgehead atoms. The van der Waals surface area contributed by atoms with Crippen molar-refractivity contribution in [3.8, 4) is 0 Å². The maximum Gasteiger partial charge on any atom is 0.146 e. The number of aryl methyl sites for hydroxylation is 1. The van der Waals surface area contributed by atoms with E-state index in [2.05, 4.69) is 63.7 Å². The minimum Gasteiger partial charge on any atom is -0.240 e. The zero-order chi connectivity index (χ0) is 11.5. The molecule has 0 amide bonds. The van der Waals surface area contributed by atoms with E-state index < -0.39 is 0 Å². The molecule has 82 valence electrons. The van der Waals surface area contributed by atoms with Crippen LogP contribution >= 0.6 is 34.2 Å². The van der Waals surface area contributed by atoms with Gasteiger partial charge in [-0.15, -0.1) is 0 Å². The molecule has 0 aliphatic heterocycles. The molecule has 0 radical (unpaired) electrons. The highest BCUT2D eigenvalue weighted by molar-refractivity contribution is 14.1. The summed E-state index contributed by atoms with van der Waals surface area (Å²) in [5.74, 6) is 0. The number of nitrogens with zero attached hydrogens (tertiary/aromatic N) is 2. The van der Waals surface area contributed by atoms with Crippen LogP contribution in [0.5, 0.6) is 0 Å². The van der Waals surface area contributed by atoms with E-state index in [4.69, 9.17) is 11.6 Å². The van der Waals surface area contributed by atoms with Gasteiger partial charge in [0, 0.05) is 6.42 Å². The zero-order valence-electron chi connectivity index (χ0n) is 8.74. The van der Waals surface area contributed by atoms with E-state index >= 15 is 0 Å². The van der Waals surface area contributed by atoms with Crippen LogP contribution in [0.1, 0.15) is 16.8 Å². The topological polar surface area (TPSA) is 25.8 Å². The van der Waals surface area contributed by atoms with Crippen LogP contribution in [0.4, 0.5) is 0 Å². The third kappa shape index (κ3) is 2.71. The average molecular weight is 345 g/mol. The van der Waals surface area contributed by atoms with Gasteiger partial charge in [0.2, 0.25) is 0 Å². The maximum absolute atomic E-state index is 5.95. The number of aromatic nitrogens is 2. The van der Waals surface area contributed by atoms with Crippen LogP contribution in [0, 0.1) is 10.5 Å². The Morgan fingerprint density at radius 2 is 2.12 bits per heavy atom. The van der Waals surface area contributed by atoms with E-state index in [1.807, 2.05) is 0 Å². The number of rotatable bonds is 2. The Hall–Kier alpha value is -0.680. The summed E-state index contributed by atoms with van der Waals surface area (Å²) in [6.45, 7) is 2.08. The van der Waals surface area contributed by atoms with Crippen LogP contribution in [-0.4, -0.2) is 9.97 Å². The summed E-state index contributed by atoms with van der Waals surface area (Å²) in [5, 5.41) is 0.526. The van der Waals surface area contributed by atoms with Crippen LogP contribution in [-0.2, 0) is 6.42 Å². The van der Waals surface area contributed by atoms with Gasteiger partial charge in [0.1, 0.15) is 11.5 Å². The lowest BCUT2D eigenvalue weighted by atomic mass is 10.1. The fourth-order valence-corrected chi connectivity index (χ4v) is 2.14. The van der Waals surface area contributed by atoms with Gasteiger partial charge >= 0.3 is 0 Å². The number of hydrogen-bond donors (Lipinski definition) is 0. The highest BCUT2D eigenvalue weighted by Gasteiger charge is 2.07. The van der Waals surface area contributed by atoms with E-state index in [0.29, 0.717) is 5.15 Å². The van der Waals surface area contributed by atoms with Crippen molar-refractivity contribution in [3.05, 3.63) is 56.1 Å². The molecule has 0 fully saturated rings. The second-order valence-electron chi connectivity index (χ2n) is 3.59. The Labute approximate surface area is 113 Å². The quantitative estimate of drug-likeness (QED) is 0.614. The molecule has 2 aromatic rings. The van der Waals surface area contributed by atoms with Crippen molar-refractivity contribution in [2.24, 2.45) is 0 Å². The second kappa shape index (κ2) is 5.10. The standard InChI is InChI=1S/C12H10ClIN2/c1-8-3-2-4-9(5-8)6-10-11(14)12(13)16-7-15-10/h2-5,7H,6H2,1H3. The van der Waals surface area contributed by atoms with Crippen LogP contribution in [0.3, 0.4) is 0 Å². The van der Waals surface area contributed by atoms with Crippen molar-refractivity contribution in [1.82, 2.24) is 9.97 Å². The molecule has 0 spiro atoms. The van der Waals surface area contributed by atoms with E-state index in [0.717, 1.165) is 15.7 Å². The molecule has 0 aliphatic rings. The zero-order valence-corrected chi connectivity index (χ0v) is 11.7. The van der Waals surface area contributed by atoms with Gasteiger partial charge in [-0.25, -0.2) is 9.97 Å². The summed E-state index contributed by atoms with van der Waals surface area (Å²) in [7, 11) is 0. The highest BCUT2D eigenvalue weighted by atomic mass is 127. The van der Waals surface area contributed by atoms with Crippen molar-refractivity contribution < 1.29 is 0 Å². The molecule has 16 heavy (non-hydrogen) atoms. The first-order valence-corrected chi connectivity index (χ1v) is 6.33. The monoisotopic (exact) mass is 344 g/mol. The predicted molar refractivity (Wildman–Crippen MR) is 73.7 cm³/mol. The summed E-state index contributed by atoms with van der Waals surface area (Å²) in [4.78, 5) is 8.21. The molecule has 0 aliphatic carbocycles. The minimum atomic E-state index is 0.526. The normalized spacial score (nSPS) is 10.4. The Bertz CT molecular complexity index is 514. The molecule has 0 saturated heterocycles. The first-order valence-electron chi connectivity index (χ1n) is 4.87. The number of hydrogen-bond acceptors (Lipinski definition) is 2. The molecule has 1 heterocycles. The van der Waals surface area contributed by atoms with E-state index in [-0.39, 0.29) is 0 Å². The summed E-state index contributed by atoms with van der Waals surface area (Å²) >= 11 is 8.14. The van der Waals surface area contributed by atoms with E-state index in [1.165, 1.54) is 17.5 Å². The molecule has 1 aromatic carbocycles. The smallest absolute Gasteiger partial charge is 0.146 e. The third-order valence-electron chi connectivity index (χ3n) is 2.27. The van der Waals surface area contributed by atoms with Crippen molar-refractivity contribution in [3.63, 3.8) is 0 Å². The molecule has 0 unspecified atom stereocenters. The first kappa shape index (κ1) is 11.8. The van der Waals surface area contributed by atoms with Gasteiger partial charge in [-0.3, -0.25) is 0 Å². The van der Waals surface area contributed by atoms with Crippen LogP contribution in [0.15, 0.2) is 30.6 Å². The van der Waals surface area contributed by atoms with Crippen molar-refractivity contribution in [2.75, 3.05) is 0 Å². The summed E-state index contributed by atoms with van der Waals surface area (Å²) in [6, 6.07) is 8.40. The van der Waals surface area contributed by atoms with Gasteiger partial charge < -0.3 is 0 Å². The van der Waals surface area contributed by atoms with Gasteiger partial charge in [0.25, 0.3) is 0 Å². The molecule has 0 N–H and O–H groups in total. The lowest BCUT2D eigenvalue weighted by molar-refractivity contribution is 1.01. The van der Waals surface area contributed by atoms with Crippen molar-refractivity contribution in [2.45, 2.75) is 13.3 Å². The molecule has 0 atom stereocenters. The molecule has 0 saturated carbocycles. The third-order valence-corrected chi connectivity index (χ3v) is 4.01.